The van der Waals surface area contributed by atoms with E-state index in [9.17, 15) is 39.6 Å². The standard InChI is InChI=1S/C8H11F6NO3S/c1-3-15-5(16)4-19(17,18)8(13,14)7(11,12)6(2,9)10/h3-4H2,1-2H3,(H,15,16). The zero-order chi connectivity index (χ0) is 15.7. The molecule has 0 aliphatic heterocycles. The summed E-state index contributed by atoms with van der Waals surface area (Å²) < 4.78 is 98.7. The molecule has 0 aliphatic rings. The Labute approximate surface area is 105 Å². The van der Waals surface area contributed by atoms with Gasteiger partial charge in [-0.25, -0.2) is 8.42 Å². The first-order chi connectivity index (χ1) is 8.20. The maximum atomic E-state index is 13.1. The van der Waals surface area contributed by atoms with E-state index in [4.69, 9.17) is 0 Å². The molecule has 1 amide bonds. The molecule has 0 radical (unpaired) electrons. The van der Waals surface area contributed by atoms with E-state index in [1.807, 2.05) is 0 Å². The lowest BCUT2D eigenvalue weighted by Crippen LogP contribution is -2.58. The molecule has 0 saturated heterocycles. The number of carbonyl (C=O) groups excluding carboxylic acids is 1. The number of carbonyl (C=O) groups is 1. The molecular weight excluding hydrogens is 304 g/mol. The minimum atomic E-state index is -6.13. The zero-order valence-corrected chi connectivity index (χ0v) is 10.6. The lowest BCUT2D eigenvalue weighted by atomic mass is 10.2. The maximum absolute atomic E-state index is 13.1. The van der Waals surface area contributed by atoms with Gasteiger partial charge in [0, 0.05) is 13.5 Å². The Balaban J connectivity index is 5.48. The highest BCUT2D eigenvalue weighted by Crippen LogP contribution is 2.48. The van der Waals surface area contributed by atoms with Gasteiger partial charge in [0.15, 0.2) is 0 Å². The van der Waals surface area contributed by atoms with Crippen molar-refractivity contribution in [2.45, 2.75) is 30.9 Å². The van der Waals surface area contributed by atoms with Gasteiger partial charge >= 0.3 is 17.1 Å². The fraction of sp³-hybridized carbons (Fsp3) is 0.875. The molecule has 4 nitrogen and oxygen atoms in total. The third-order valence-electron chi connectivity index (χ3n) is 2.00. The zero-order valence-electron chi connectivity index (χ0n) is 9.81. The molecule has 1 N–H and O–H groups in total. The Bertz CT molecular complexity index is 442. The number of hydrogen-bond donors (Lipinski definition) is 1. The summed E-state index contributed by atoms with van der Waals surface area (Å²) in [6.45, 7) is 0.639. The van der Waals surface area contributed by atoms with Crippen LogP contribution in [0.3, 0.4) is 0 Å². The van der Waals surface area contributed by atoms with Crippen LogP contribution in [-0.2, 0) is 14.6 Å². The van der Waals surface area contributed by atoms with Gasteiger partial charge in [0.2, 0.25) is 15.7 Å². The van der Waals surface area contributed by atoms with E-state index in [-0.39, 0.29) is 6.54 Å². The van der Waals surface area contributed by atoms with Crippen molar-refractivity contribution < 1.29 is 39.6 Å². The molecule has 0 aromatic heterocycles. The van der Waals surface area contributed by atoms with Crippen LogP contribution >= 0.6 is 0 Å². The van der Waals surface area contributed by atoms with Gasteiger partial charge < -0.3 is 5.32 Å². The summed E-state index contributed by atoms with van der Waals surface area (Å²) in [5.74, 6) is -14.9. The van der Waals surface area contributed by atoms with E-state index in [2.05, 4.69) is 0 Å². The number of hydrogen-bond acceptors (Lipinski definition) is 3. The van der Waals surface area contributed by atoms with E-state index >= 15 is 0 Å². The molecule has 0 heterocycles. The summed E-state index contributed by atoms with van der Waals surface area (Å²) in [7, 11) is -6.10. The summed E-state index contributed by atoms with van der Waals surface area (Å²) in [4.78, 5) is 10.8. The van der Waals surface area contributed by atoms with Gasteiger partial charge in [-0.2, -0.15) is 26.3 Å². The molecule has 0 spiro atoms. The molecule has 19 heavy (non-hydrogen) atoms. The van der Waals surface area contributed by atoms with Gasteiger partial charge in [0.1, 0.15) is 5.75 Å². The number of amides is 1. The molecule has 0 atom stereocenters. The Kier molecular flexibility index (Phi) is 4.90. The van der Waals surface area contributed by atoms with Crippen LogP contribution in [0.2, 0.25) is 0 Å². The van der Waals surface area contributed by atoms with Crippen LogP contribution in [0.5, 0.6) is 0 Å². The van der Waals surface area contributed by atoms with Crippen molar-refractivity contribution in [3.05, 3.63) is 0 Å². The van der Waals surface area contributed by atoms with Crippen molar-refractivity contribution in [1.82, 2.24) is 5.32 Å². The normalized spacial score (nSPS) is 14.3. The highest BCUT2D eigenvalue weighted by Gasteiger charge is 2.75. The Morgan fingerprint density at radius 2 is 1.53 bits per heavy atom. The van der Waals surface area contributed by atoms with Crippen LogP contribution in [0.1, 0.15) is 13.8 Å². The Morgan fingerprint density at radius 3 is 1.84 bits per heavy atom. The number of rotatable bonds is 6. The molecule has 114 valence electrons. The fourth-order valence-electron chi connectivity index (χ4n) is 0.962. The van der Waals surface area contributed by atoms with E-state index in [1.165, 1.54) is 6.92 Å². The third kappa shape index (κ3) is 3.31. The van der Waals surface area contributed by atoms with Crippen molar-refractivity contribution in [1.29, 1.82) is 0 Å². The number of nitrogens with one attached hydrogen (secondary N) is 1. The predicted molar refractivity (Wildman–Crippen MR) is 53.0 cm³/mol. The third-order valence-corrected chi connectivity index (χ3v) is 3.68. The first-order valence-corrected chi connectivity index (χ1v) is 6.48. The molecule has 0 bridgehead atoms. The summed E-state index contributed by atoms with van der Waals surface area (Å²) in [6, 6.07) is 0. The molecular formula is C8H11F6NO3S. The lowest BCUT2D eigenvalue weighted by molar-refractivity contribution is -0.271. The van der Waals surface area contributed by atoms with Crippen LogP contribution < -0.4 is 5.32 Å². The monoisotopic (exact) mass is 315 g/mol. The van der Waals surface area contributed by atoms with Gasteiger partial charge in [-0.1, -0.05) is 0 Å². The fourth-order valence-corrected chi connectivity index (χ4v) is 2.16. The molecule has 11 heteroatoms. The lowest BCUT2D eigenvalue weighted by Gasteiger charge is -2.30. The van der Waals surface area contributed by atoms with Crippen molar-refractivity contribution in [3.63, 3.8) is 0 Å². The van der Waals surface area contributed by atoms with E-state index in [0.717, 1.165) is 0 Å². The second-order valence-corrected chi connectivity index (χ2v) is 5.72. The van der Waals surface area contributed by atoms with Gasteiger partial charge in [0.25, 0.3) is 0 Å². The Morgan fingerprint density at radius 1 is 1.11 bits per heavy atom. The molecule has 0 unspecified atom stereocenters. The topological polar surface area (TPSA) is 63.2 Å². The highest BCUT2D eigenvalue weighted by atomic mass is 32.2. The summed E-state index contributed by atoms with van der Waals surface area (Å²) >= 11 is 0. The van der Waals surface area contributed by atoms with Crippen LogP contribution in [0.15, 0.2) is 0 Å². The van der Waals surface area contributed by atoms with E-state index < -0.39 is 45.5 Å². The highest BCUT2D eigenvalue weighted by molar-refractivity contribution is 7.93. The molecule has 0 aliphatic carbocycles. The smallest absolute Gasteiger partial charge is 0.355 e. The summed E-state index contributed by atoms with van der Waals surface area (Å²) in [6.07, 6.45) is 0. The second-order valence-electron chi connectivity index (χ2n) is 3.69. The van der Waals surface area contributed by atoms with E-state index in [0.29, 0.717) is 0 Å². The van der Waals surface area contributed by atoms with Gasteiger partial charge in [0.05, 0.1) is 0 Å². The van der Waals surface area contributed by atoms with Crippen LogP contribution in [0.25, 0.3) is 0 Å². The largest absolute Gasteiger partial charge is 0.413 e. The molecule has 0 aromatic carbocycles. The quantitative estimate of drug-likeness (QED) is 0.754. The van der Waals surface area contributed by atoms with Crippen LogP contribution in [0, 0.1) is 0 Å². The first-order valence-electron chi connectivity index (χ1n) is 4.83. The van der Waals surface area contributed by atoms with Crippen molar-refractivity contribution in [2.75, 3.05) is 12.3 Å². The Hall–Kier alpha value is -1.00. The molecule has 0 fully saturated rings. The van der Waals surface area contributed by atoms with E-state index in [1.54, 1.807) is 5.32 Å². The van der Waals surface area contributed by atoms with Crippen molar-refractivity contribution in [3.8, 4) is 0 Å². The number of sulfone groups is 1. The van der Waals surface area contributed by atoms with Crippen LogP contribution in [0.4, 0.5) is 26.3 Å². The van der Waals surface area contributed by atoms with Gasteiger partial charge in [-0.15, -0.1) is 0 Å². The minimum absolute atomic E-state index is 0.139. The van der Waals surface area contributed by atoms with Crippen molar-refractivity contribution >= 4 is 15.7 Å². The molecule has 0 aromatic rings. The molecule has 0 rings (SSSR count). The minimum Gasteiger partial charge on any atom is -0.355 e. The average molecular weight is 315 g/mol. The average Bonchev–Trinajstić information content (AvgIpc) is 2.14. The SMILES string of the molecule is CCNC(=O)CS(=O)(=O)C(F)(F)C(F)(F)C(C)(F)F. The van der Waals surface area contributed by atoms with Crippen molar-refractivity contribution in [2.24, 2.45) is 0 Å². The number of alkyl halides is 6. The molecule has 0 saturated carbocycles. The predicted octanol–water partition coefficient (Wildman–Crippen LogP) is 1.42. The van der Waals surface area contributed by atoms with Crippen LogP contribution in [-0.4, -0.2) is 43.7 Å². The van der Waals surface area contributed by atoms with Gasteiger partial charge in [-0.05, 0) is 6.92 Å². The number of halogens is 6. The van der Waals surface area contributed by atoms with Gasteiger partial charge in [-0.3, -0.25) is 4.79 Å². The first kappa shape index (κ1) is 18.0. The summed E-state index contributed by atoms with van der Waals surface area (Å²) in [5.41, 5.74) is 0. The second kappa shape index (κ2) is 5.17. The summed E-state index contributed by atoms with van der Waals surface area (Å²) in [5, 5.41) is -4.29. The maximum Gasteiger partial charge on any atom is 0.413 e.